The summed E-state index contributed by atoms with van der Waals surface area (Å²) in [5.41, 5.74) is 3.36. The van der Waals surface area contributed by atoms with Crippen molar-refractivity contribution in [3.63, 3.8) is 0 Å². The highest BCUT2D eigenvalue weighted by molar-refractivity contribution is 6.05. The fourth-order valence-corrected chi connectivity index (χ4v) is 3.15. The molecule has 1 heterocycles. The van der Waals surface area contributed by atoms with E-state index in [1.165, 1.54) is 29.2 Å². The maximum absolute atomic E-state index is 12.8. The molecule has 0 unspecified atom stereocenters. The second-order valence-corrected chi connectivity index (χ2v) is 7.38. The van der Waals surface area contributed by atoms with E-state index in [-0.39, 0.29) is 11.6 Å². The summed E-state index contributed by atoms with van der Waals surface area (Å²) in [7, 11) is 0. The Hall–Kier alpha value is -4.99. The summed E-state index contributed by atoms with van der Waals surface area (Å²) >= 11 is 0. The van der Waals surface area contributed by atoms with Crippen LogP contribution >= 0.6 is 0 Å². The molecule has 0 saturated carbocycles. The fourth-order valence-electron chi connectivity index (χ4n) is 3.15. The Labute approximate surface area is 194 Å². The third-order valence-electron chi connectivity index (χ3n) is 4.95. The number of anilines is 3. The third kappa shape index (κ3) is 5.25. The number of rotatable bonds is 6. The summed E-state index contributed by atoms with van der Waals surface area (Å²) < 4.78 is 1.46. The van der Waals surface area contributed by atoms with E-state index in [2.05, 4.69) is 21.0 Å². The number of nitro benzene ring substituents is 1. The number of nitrogens with one attached hydrogen (secondary N) is 3. The lowest BCUT2D eigenvalue weighted by atomic mass is 10.1. The number of aromatic nitrogens is 2. The lowest BCUT2D eigenvalue weighted by Crippen LogP contribution is -2.19. The van der Waals surface area contributed by atoms with Crippen LogP contribution < -0.4 is 16.0 Å². The maximum atomic E-state index is 12.8. The van der Waals surface area contributed by atoms with Gasteiger partial charge >= 0.3 is 6.03 Å². The highest BCUT2D eigenvalue weighted by atomic mass is 16.6. The summed E-state index contributed by atoms with van der Waals surface area (Å²) in [5.74, 6) is -0.387. The molecule has 4 rings (SSSR count). The summed E-state index contributed by atoms with van der Waals surface area (Å²) in [6, 6.07) is 19.7. The molecule has 3 N–H and O–H groups in total. The molecule has 170 valence electrons. The van der Waals surface area contributed by atoms with Crippen molar-refractivity contribution < 1.29 is 14.5 Å². The van der Waals surface area contributed by atoms with Gasteiger partial charge in [0.15, 0.2) is 0 Å². The summed E-state index contributed by atoms with van der Waals surface area (Å²) in [4.78, 5) is 35.4. The molecule has 4 aromatic rings. The molecule has 0 radical (unpaired) electrons. The Morgan fingerprint density at radius 2 is 1.62 bits per heavy atom. The van der Waals surface area contributed by atoms with Gasteiger partial charge in [0.2, 0.25) is 0 Å². The Balaban J connectivity index is 1.44. The monoisotopic (exact) mass is 456 g/mol. The largest absolute Gasteiger partial charge is 0.323 e. The number of non-ortho nitro benzene ring substituents is 1. The van der Waals surface area contributed by atoms with Crippen LogP contribution in [0.5, 0.6) is 0 Å². The summed E-state index contributed by atoms with van der Waals surface area (Å²) in [6.45, 7) is 1.84. The number of benzene rings is 3. The minimum Gasteiger partial charge on any atom is -0.322 e. The topological polar surface area (TPSA) is 131 Å². The molecule has 10 heteroatoms. The first kappa shape index (κ1) is 22.2. The zero-order valence-corrected chi connectivity index (χ0v) is 18.1. The minimum atomic E-state index is -0.484. The molecule has 10 nitrogen and oxygen atoms in total. The number of carbonyl (C=O) groups is 2. The number of amides is 3. The van der Waals surface area contributed by atoms with E-state index in [0.717, 1.165) is 5.56 Å². The maximum Gasteiger partial charge on any atom is 0.323 e. The van der Waals surface area contributed by atoms with Crippen molar-refractivity contribution in [2.75, 3.05) is 16.0 Å². The molecule has 0 bridgehead atoms. The Kier molecular flexibility index (Phi) is 6.31. The van der Waals surface area contributed by atoms with E-state index in [0.29, 0.717) is 28.3 Å². The second kappa shape index (κ2) is 9.65. The smallest absolute Gasteiger partial charge is 0.322 e. The fraction of sp³-hybridized carbons (Fsp3) is 0.0417. The van der Waals surface area contributed by atoms with E-state index in [1.54, 1.807) is 42.5 Å². The van der Waals surface area contributed by atoms with Crippen molar-refractivity contribution in [2.45, 2.75) is 6.92 Å². The molecule has 0 fully saturated rings. The van der Waals surface area contributed by atoms with Crippen LogP contribution in [0.15, 0.2) is 85.2 Å². The predicted octanol–water partition coefficient (Wildman–Crippen LogP) is 4.99. The number of nitro groups is 1. The van der Waals surface area contributed by atoms with Crippen molar-refractivity contribution in [3.05, 3.63) is 106 Å². The van der Waals surface area contributed by atoms with Crippen LogP contribution in [0.1, 0.15) is 15.9 Å². The first-order valence-corrected chi connectivity index (χ1v) is 10.2. The molecular weight excluding hydrogens is 436 g/mol. The van der Waals surface area contributed by atoms with E-state index < -0.39 is 11.0 Å². The molecule has 0 aliphatic rings. The lowest BCUT2D eigenvalue weighted by Gasteiger charge is -2.12. The van der Waals surface area contributed by atoms with Gasteiger partial charge in [-0.15, -0.1) is 0 Å². The predicted molar refractivity (Wildman–Crippen MR) is 128 cm³/mol. The number of para-hydroxylation sites is 1. The Bertz CT molecular complexity index is 1350. The normalized spacial score (nSPS) is 10.4. The molecule has 34 heavy (non-hydrogen) atoms. The van der Waals surface area contributed by atoms with Crippen LogP contribution in [0, 0.1) is 17.0 Å². The van der Waals surface area contributed by atoms with Gasteiger partial charge in [0.25, 0.3) is 11.6 Å². The van der Waals surface area contributed by atoms with Crippen molar-refractivity contribution in [1.29, 1.82) is 0 Å². The van der Waals surface area contributed by atoms with Gasteiger partial charge in [-0.05, 0) is 48.9 Å². The van der Waals surface area contributed by atoms with E-state index in [9.17, 15) is 19.7 Å². The van der Waals surface area contributed by atoms with Gasteiger partial charge < -0.3 is 16.0 Å². The Morgan fingerprint density at radius 3 is 2.32 bits per heavy atom. The number of urea groups is 1. The van der Waals surface area contributed by atoms with Crippen LogP contribution in [0.3, 0.4) is 0 Å². The molecule has 0 aliphatic heterocycles. The molecule has 0 spiro atoms. The van der Waals surface area contributed by atoms with Crippen LogP contribution in [0.25, 0.3) is 5.69 Å². The molecule has 0 atom stereocenters. The van der Waals surface area contributed by atoms with Gasteiger partial charge in [-0.3, -0.25) is 14.9 Å². The third-order valence-corrected chi connectivity index (χ3v) is 4.95. The van der Waals surface area contributed by atoms with Gasteiger partial charge in [-0.25, -0.2) is 9.48 Å². The number of aryl methyl sites for hydroxylation is 1. The zero-order chi connectivity index (χ0) is 24.1. The quantitative estimate of drug-likeness (QED) is 0.278. The lowest BCUT2D eigenvalue weighted by molar-refractivity contribution is -0.384. The molecular formula is C24H20N6O4. The molecule has 0 saturated heterocycles. The summed E-state index contributed by atoms with van der Waals surface area (Å²) in [6.07, 6.45) is 2.93. The van der Waals surface area contributed by atoms with Crippen LogP contribution in [-0.4, -0.2) is 26.6 Å². The van der Waals surface area contributed by atoms with Crippen molar-refractivity contribution in [2.24, 2.45) is 0 Å². The minimum absolute atomic E-state index is 0.0321. The Morgan fingerprint density at radius 1 is 0.912 bits per heavy atom. The van der Waals surface area contributed by atoms with E-state index in [1.807, 2.05) is 25.1 Å². The average molecular weight is 456 g/mol. The molecule has 3 aromatic carbocycles. The average Bonchev–Trinajstić information content (AvgIpc) is 3.32. The first-order valence-electron chi connectivity index (χ1n) is 10.2. The highest BCUT2D eigenvalue weighted by Crippen LogP contribution is 2.22. The number of nitrogens with zero attached hydrogens (tertiary/aromatic N) is 3. The SMILES string of the molecule is Cc1ccc(NC(=O)Nc2ccccc2)cc1NC(=O)c1cnn(-c2ccc([N+](=O)[O-])cc2)c1. The van der Waals surface area contributed by atoms with Crippen molar-refractivity contribution in [3.8, 4) is 5.69 Å². The summed E-state index contributed by atoms with van der Waals surface area (Å²) in [5, 5.41) is 23.3. The van der Waals surface area contributed by atoms with Gasteiger partial charge in [-0.1, -0.05) is 24.3 Å². The zero-order valence-electron chi connectivity index (χ0n) is 18.1. The number of hydrogen-bond acceptors (Lipinski definition) is 5. The standard InChI is InChI=1S/C24H20N6O4/c1-16-7-8-19(27-24(32)26-18-5-3-2-4-6-18)13-22(16)28-23(31)17-14-25-29(15-17)20-9-11-21(12-10-20)30(33)34/h2-15H,1H3,(H,28,31)(H2,26,27,32). The van der Waals surface area contributed by atoms with Gasteiger partial charge in [-0.2, -0.15) is 5.10 Å². The van der Waals surface area contributed by atoms with Crippen molar-refractivity contribution in [1.82, 2.24) is 9.78 Å². The highest BCUT2D eigenvalue weighted by Gasteiger charge is 2.13. The number of hydrogen-bond donors (Lipinski definition) is 3. The van der Waals surface area contributed by atoms with Crippen LogP contribution in [0.2, 0.25) is 0 Å². The molecule has 0 aliphatic carbocycles. The van der Waals surface area contributed by atoms with Gasteiger partial charge in [0.1, 0.15) is 0 Å². The van der Waals surface area contributed by atoms with Gasteiger partial charge in [0.05, 0.1) is 22.4 Å². The van der Waals surface area contributed by atoms with Crippen LogP contribution in [0.4, 0.5) is 27.5 Å². The van der Waals surface area contributed by atoms with E-state index >= 15 is 0 Å². The number of carbonyl (C=O) groups excluding carboxylic acids is 2. The van der Waals surface area contributed by atoms with Crippen LogP contribution in [-0.2, 0) is 0 Å². The van der Waals surface area contributed by atoms with Crippen molar-refractivity contribution >= 4 is 34.7 Å². The molecule has 3 amide bonds. The molecule has 1 aromatic heterocycles. The first-order chi connectivity index (χ1) is 16.4. The second-order valence-electron chi connectivity index (χ2n) is 7.38. The van der Waals surface area contributed by atoms with Gasteiger partial charge in [0, 0.05) is 35.4 Å². The van der Waals surface area contributed by atoms with E-state index in [4.69, 9.17) is 0 Å².